The maximum absolute atomic E-state index is 11.7. The molecule has 0 spiro atoms. The molecule has 1 fully saturated rings. The van der Waals surface area contributed by atoms with Gasteiger partial charge in [-0.15, -0.1) is 0 Å². The number of piperidine rings is 1. The minimum absolute atomic E-state index is 0.207. The fourth-order valence-electron chi connectivity index (χ4n) is 3.58. The van der Waals surface area contributed by atoms with Gasteiger partial charge in [-0.05, 0) is 54.8 Å². The smallest absolute Gasteiger partial charge is 0.277 e. The first-order valence-corrected chi connectivity index (χ1v) is 8.55. The number of ether oxygens (including phenoxy) is 1. The number of benzene rings is 2. The van der Waals surface area contributed by atoms with Crippen molar-refractivity contribution in [2.45, 2.75) is 12.3 Å². The molecule has 0 saturated carbocycles. The van der Waals surface area contributed by atoms with E-state index < -0.39 is 0 Å². The van der Waals surface area contributed by atoms with E-state index in [1.165, 1.54) is 5.56 Å². The second-order valence-corrected chi connectivity index (χ2v) is 6.57. The Hall–Kier alpha value is -2.66. The number of fused-ring (bicyclic) bond motifs is 1. The van der Waals surface area contributed by atoms with Gasteiger partial charge in [0.1, 0.15) is 11.5 Å². The maximum atomic E-state index is 11.7. The molecule has 2 aliphatic heterocycles. The Kier molecular flexibility index (Phi) is 4.24. The third-order valence-electron chi connectivity index (χ3n) is 4.97. The van der Waals surface area contributed by atoms with E-state index in [1.807, 2.05) is 24.3 Å². The van der Waals surface area contributed by atoms with Crippen molar-refractivity contribution in [3.8, 4) is 11.5 Å². The van der Waals surface area contributed by atoms with E-state index >= 15 is 0 Å². The van der Waals surface area contributed by atoms with Gasteiger partial charge in [0.15, 0.2) is 0 Å². The molecule has 2 aliphatic rings. The molecule has 0 bridgehead atoms. The van der Waals surface area contributed by atoms with Gasteiger partial charge >= 0.3 is 0 Å². The van der Waals surface area contributed by atoms with Crippen LogP contribution in [0, 0.1) is 5.92 Å². The lowest BCUT2D eigenvalue weighted by molar-refractivity contribution is 0.101. The maximum Gasteiger partial charge on any atom is 0.277 e. The monoisotopic (exact) mass is 336 g/mol. The average molecular weight is 336 g/mol. The molecule has 25 heavy (non-hydrogen) atoms. The summed E-state index contributed by atoms with van der Waals surface area (Å²) < 4.78 is 6.00. The van der Waals surface area contributed by atoms with E-state index in [2.05, 4.69) is 10.3 Å². The largest absolute Gasteiger partial charge is 0.508 e. The van der Waals surface area contributed by atoms with Crippen LogP contribution in [-0.2, 0) is 0 Å². The molecule has 2 aromatic carbocycles. The molecule has 0 aliphatic carbocycles. The summed E-state index contributed by atoms with van der Waals surface area (Å²) in [6.07, 6.45) is 2.63. The Bertz CT molecular complexity index is 814. The van der Waals surface area contributed by atoms with Gasteiger partial charge in [0.05, 0.1) is 12.2 Å². The van der Waals surface area contributed by atoms with Crippen LogP contribution in [0.2, 0.25) is 0 Å². The van der Waals surface area contributed by atoms with Crippen LogP contribution in [0.4, 0.5) is 0 Å². The highest BCUT2D eigenvalue weighted by Crippen LogP contribution is 2.32. The molecule has 5 heteroatoms. The van der Waals surface area contributed by atoms with Gasteiger partial charge in [0.25, 0.3) is 5.91 Å². The molecule has 2 N–H and O–H groups in total. The summed E-state index contributed by atoms with van der Waals surface area (Å²) in [6, 6.07) is 13.0. The Morgan fingerprint density at radius 3 is 2.88 bits per heavy atom. The molecule has 128 valence electrons. The molecule has 2 aromatic rings. The summed E-state index contributed by atoms with van der Waals surface area (Å²) in [5.74, 6) is 1.50. The normalized spacial score (nSPS) is 22.0. The third-order valence-corrected chi connectivity index (χ3v) is 4.97. The van der Waals surface area contributed by atoms with Crippen molar-refractivity contribution in [3.05, 3.63) is 59.2 Å². The number of aliphatic imine (C=N–C) groups is 1. The molecule has 5 nitrogen and oxygen atoms in total. The number of nitrogens with zero attached hydrogens (tertiary/aromatic N) is 1. The van der Waals surface area contributed by atoms with E-state index in [-0.39, 0.29) is 11.7 Å². The van der Waals surface area contributed by atoms with Crippen LogP contribution in [0.15, 0.2) is 47.5 Å². The lowest BCUT2D eigenvalue weighted by Crippen LogP contribution is -2.38. The van der Waals surface area contributed by atoms with Crippen LogP contribution in [0.1, 0.15) is 33.8 Å². The SMILES string of the molecule is O=C1N=Cc2ccc(OC[C@H]3CNCC[C@@H]3c3ccc(O)cc3)cc21. The summed E-state index contributed by atoms with van der Waals surface area (Å²) in [6.45, 7) is 2.44. The van der Waals surface area contributed by atoms with Crippen LogP contribution < -0.4 is 10.1 Å². The van der Waals surface area contributed by atoms with Gasteiger partial charge in [0, 0.05) is 24.2 Å². The standard InChI is InChI=1S/C20H20N2O3/c23-16-4-1-13(2-5-16)18-7-8-21-10-15(18)12-25-17-6-3-14-11-22-20(24)19(14)9-17/h1-6,9,11,15,18,21,23H,7-8,10,12H2/t15-,18-/m1/s1. The quantitative estimate of drug-likeness (QED) is 0.901. The minimum atomic E-state index is -0.207. The number of phenols is 1. The second-order valence-electron chi connectivity index (χ2n) is 6.57. The van der Waals surface area contributed by atoms with Crippen LogP contribution in [0.3, 0.4) is 0 Å². The Labute approximate surface area is 146 Å². The number of aromatic hydroxyl groups is 1. The lowest BCUT2D eigenvalue weighted by atomic mass is 9.81. The summed E-state index contributed by atoms with van der Waals surface area (Å²) in [4.78, 5) is 15.5. The van der Waals surface area contributed by atoms with Crippen LogP contribution in [0.5, 0.6) is 11.5 Å². The molecular formula is C20H20N2O3. The Morgan fingerprint density at radius 1 is 1.20 bits per heavy atom. The molecule has 0 radical (unpaired) electrons. The van der Waals surface area contributed by atoms with E-state index in [0.717, 1.165) is 25.1 Å². The van der Waals surface area contributed by atoms with Crippen molar-refractivity contribution in [3.63, 3.8) is 0 Å². The highest BCUT2D eigenvalue weighted by atomic mass is 16.5. The highest BCUT2D eigenvalue weighted by molar-refractivity contribution is 6.13. The number of rotatable bonds is 4. The molecule has 2 atom stereocenters. The molecule has 0 unspecified atom stereocenters. The Balaban J connectivity index is 1.46. The number of hydrogen-bond donors (Lipinski definition) is 2. The van der Waals surface area contributed by atoms with Gasteiger partial charge in [0.2, 0.25) is 0 Å². The van der Waals surface area contributed by atoms with E-state index in [0.29, 0.717) is 29.8 Å². The van der Waals surface area contributed by atoms with Crippen molar-refractivity contribution in [2.75, 3.05) is 19.7 Å². The fraction of sp³-hybridized carbons (Fsp3) is 0.300. The van der Waals surface area contributed by atoms with Gasteiger partial charge in [-0.3, -0.25) is 4.79 Å². The highest BCUT2D eigenvalue weighted by Gasteiger charge is 2.27. The van der Waals surface area contributed by atoms with Crippen LogP contribution in [-0.4, -0.2) is 36.9 Å². The van der Waals surface area contributed by atoms with Crippen molar-refractivity contribution in [1.82, 2.24) is 5.32 Å². The summed E-state index contributed by atoms with van der Waals surface area (Å²) in [7, 11) is 0. The van der Waals surface area contributed by atoms with E-state index in [9.17, 15) is 9.90 Å². The summed E-state index contributed by atoms with van der Waals surface area (Å²) in [5, 5.41) is 12.9. The minimum Gasteiger partial charge on any atom is -0.508 e. The molecule has 0 aromatic heterocycles. The number of carbonyl (C=O) groups is 1. The van der Waals surface area contributed by atoms with Crippen molar-refractivity contribution < 1.29 is 14.6 Å². The molecular weight excluding hydrogens is 316 g/mol. The summed E-state index contributed by atoms with van der Waals surface area (Å²) in [5.41, 5.74) is 2.68. The number of carbonyl (C=O) groups excluding carboxylic acids is 1. The average Bonchev–Trinajstić information content (AvgIpc) is 3.02. The van der Waals surface area contributed by atoms with Gasteiger partial charge in [-0.1, -0.05) is 12.1 Å². The molecule has 2 heterocycles. The number of phenolic OH excluding ortho intramolecular Hbond substituents is 1. The first-order chi connectivity index (χ1) is 12.2. The number of amides is 1. The molecule has 1 amide bonds. The summed E-state index contributed by atoms with van der Waals surface area (Å²) >= 11 is 0. The molecule has 1 saturated heterocycles. The van der Waals surface area contributed by atoms with Crippen molar-refractivity contribution >= 4 is 12.1 Å². The second kappa shape index (κ2) is 6.69. The predicted octanol–water partition coefficient (Wildman–Crippen LogP) is 2.74. The van der Waals surface area contributed by atoms with Gasteiger partial charge in [-0.2, -0.15) is 0 Å². The molecule has 4 rings (SSSR count). The third kappa shape index (κ3) is 3.28. The first kappa shape index (κ1) is 15.8. The zero-order valence-electron chi connectivity index (χ0n) is 13.8. The van der Waals surface area contributed by atoms with E-state index in [1.54, 1.807) is 24.4 Å². The van der Waals surface area contributed by atoms with Crippen molar-refractivity contribution in [2.24, 2.45) is 10.9 Å². The van der Waals surface area contributed by atoms with Crippen molar-refractivity contribution in [1.29, 1.82) is 0 Å². The Morgan fingerprint density at radius 2 is 2.04 bits per heavy atom. The van der Waals surface area contributed by atoms with Gasteiger partial charge in [-0.25, -0.2) is 4.99 Å². The zero-order chi connectivity index (χ0) is 17.2. The number of hydrogen-bond acceptors (Lipinski definition) is 4. The number of nitrogens with one attached hydrogen (secondary N) is 1. The topological polar surface area (TPSA) is 70.9 Å². The zero-order valence-corrected chi connectivity index (χ0v) is 13.8. The van der Waals surface area contributed by atoms with Crippen LogP contribution in [0.25, 0.3) is 0 Å². The first-order valence-electron chi connectivity index (χ1n) is 8.55. The van der Waals surface area contributed by atoms with E-state index in [4.69, 9.17) is 4.74 Å². The lowest BCUT2D eigenvalue weighted by Gasteiger charge is -2.32. The van der Waals surface area contributed by atoms with Crippen LogP contribution >= 0.6 is 0 Å². The predicted molar refractivity (Wildman–Crippen MR) is 95.7 cm³/mol. The fourth-order valence-corrected chi connectivity index (χ4v) is 3.58. The van der Waals surface area contributed by atoms with Gasteiger partial charge < -0.3 is 15.2 Å².